The molecule has 1 heterocycles. The molecule has 0 aromatic rings. The highest BCUT2D eigenvalue weighted by Gasteiger charge is 2.29. The largest absolute Gasteiger partial charge is 1.00 e. The van der Waals surface area contributed by atoms with Crippen molar-refractivity contribution in [3.63, 3.8) is 0 Å². The summed E-state index contributed by atoms with van der Waals surface area (Å²) in [6.45, 7) is 11.1. The number of rotatable bonds is 16. The van der Waals surface area contributed by atoms with E-state index in [1.807, 2.05) is 6.08 Å². The third kappa shape index (κ3) is 13.0. The number of piperazine rings is 1. The summed E-state index contributed by atoms with van der Waals surface area (Å²) in [7, 11) is 2.27. The zero-order valence-electron chi connectivity index (χ0n) is 18.9. The van der Waals surface area contributed by atoms with E-state index >= 15 is 0 Å². The Labute approximate surface area is 186 Å². The lowest BCUT2D eigenvalue weighted by molar-refractivity contribution is -0.907. The molecule has 28 heavy (non-hydrogen) atoms. The summed E-state index contributed by atoms with van der Waals surface area (Å²) in [5.74, 6) is 0.378. The van der Waals surface area contributed by atoms with E-state index in [1.54, 1.807) is 0 Å². The van der Waals surface area contributed by atoms with Crippen LogP contribution in [-0.4, -0.2) is 55.1 Å². The van der Waals surface area contributed by atoms with Crippen molar-refractivity contribution < 1.29 is 26.3 Å². The number of amides is 1. The van der Waals surface area contributed by atoms with Crippen LogP contribution in [0, 0.1) is 0 Å². The smallest absolute Gasteiger partial charge is 0.222 e. The van der Waals surface area contributed by atoms with Crippen molar-refractivity contribution in [3.8, 4) is 0 Å². The zero-order valence-corrected chi connectivity index (χ0v) is 20.5. The predicted octanol–water partition coefficient (Wildman–Crippen LogP) is 2.95. The number of carbonyl (C=O) groups excluding carboxylic acids is 1. The normalized spacial score (nSPS) is 15.9. The molecule has 0 aromatic heterocycles. The molecule has 1 saturated heterocycles. The minimum absolute atomic E-state index is 0. The van der Waals surface area contributed by atoms with E-state index < -0.39 is 0 Å². The summed E-state index contributed by atoms with van der Waals surface area (Å²) in [4.78, 5) is 14.5. The highest BCUT2D eigenvalue weighted by molar-refractivity contribution is 5.76. The van der Waals surface area contributed by atoms with Crippen LogP contribution in [0.4, 0.5) is 0 Å². The van der Waals surface area contributed by atoms with Crippen molar-refractivity contribution >= 4 is 5.91 Å². The zero-order chi connectivity index (χ0) is 19.8. The van der Waals surface area contributed by atoms with E-state index in [2.05, 4.69) is 25.5 Å². The summed E-state index contributed by atoms with van der Waals surface area (Å²) < 4.78 is 1.03. The van der Waals surface area contributed by atoms with E-state index in [9.17, 15) is 4.79 Å². The predicted molar refractivity (Wildman–Crippen MR) is 118 cm³/mol. The molecule has 166 valence electrons. The molecule has 0 atom stereocenters. The molecule has 0 aromatic carbocycles. The molecule has 0 bridgehead atoms. The SMILES string of the molecule is C=CC[N+]1(C)CCN(C(=O)CCCCCCCCCCCCCCC)CC1.[Br-]. The average Bonchev–Trinajstić information content (AvgIpc) is 2.66. The first-order valence-electron chi connectivity index (χ1n) is 11.8. The number of quaternary nitrogens is 1. The maximum atomic E-state index is 12.4. The fourth-order valence-corrected chi connectivity index (χ4v) is 4.14. The summed E-state index contributed by atoms with van der Waals surface area (Å²) >= 11 is 0. The van der Waals surface area contributed by atoms with Crippen molar-refractivity contribution in [2.75, 3.05) is 39.8 Å². The van der Waals surface area contributed by atoms with Crippen LogP contribution < -0.4 is 17.0 Å². The van der Waals surface area contributed by atoms with Crippen molar-refractivity contribution in [1.82, 2.24) is 4.90 Å². The third-order valence-corrected chi connectivity index (χ3v) is 6.24. The fraction of sp³-hybridized carbons (Fsp3) is 0.875. The van der Waals surface area contributed by atoms with Crippen LogP contribution in [0.15, 0.2) is 12.7 Å². The van der Waals surface area contributed by atoms with Crippen LogP contribution in [-0.2, 0) is 4.79 Å². The van der Waals surface area contributed by atoms with Gasteiger partial charge in [-0.15, -0.1) is 0 Å². The number of unbranched alkanes of at least 4 members (excludes halogenated alkanes) is 12. The molecule has 0 unspecified atom stereocenters. The van der Waals surface area contributed by atoms with Crippen LogP contribution in [0.25, 0.3) is 0 Å². The Morgan fingerprint density at radius 2 is 1.29 bits per heavy atom. The molecule has 1 aliphatic heterocycles. The second-order valence-corrected chi connectivity index (χ2v) is 8.91. The maximum absolute atomic E-state index is 12.4. The molecule has 1 amide bonds. The lowest BCUT2D eigenvalue weighted by Crippen LogP contribution is -3.00. The molecule has 1 fully saturated rings. The first kappa shape index (κ1) is 27.6. The van der Waals surface area contributed by atoms with Gasteiger partial charge in [-0.25, -0.2) is 0 Å². The minimum Gasteiger partial charge on any atom is -1.00 e. The summed E-state index contributed by atoms with van der Waals surface area (Å²) in [6.07, 6.45) is 20.4. The highest BCUT2D eigenvalue weighted by Crippen LogP contribution is 2.15. The third-order valence-electron chi connectivity index (χ3n) is 6.24. The Kier molecular flexibility index (Phi) is 17.3. The minimum atomic E-state index is 0. The number of halogens is 1. The van der Waals surface area contributed by atoms with Crippen molar-refractivity contribution in [2.24, 2.45) is 0 Å². The first-order valence-corrected chi connectivity index (χ1v) is 11.8. The van der Waals surface area contributed by atoms with E-state index in [0.717, 1.165) is 50.0 Å². The summed E-state index contributed by atoms with van der Waals surface area (Å²) in [5, 5.41) is 0. The average molecular weight is 460 g/mol. The van der Waals surface area contributed by atoms with Gasteiger partial charge in [0.2, 0.25) is 5.91 Å². The maximum Gasteiger partial charge on any atom is 0.222 e. The molecule has 0 N–H and O–H groups in total. The Hall–Kier alpha value is -0.350. The van der Waals surface area contributed by atoms with E-state index in [4.69, 9.17) is 0 Å². The van der Waals surface area contributed by atoms with Gasteiger partial charge in [0, 0.05) is 6.42 Å². The van der Waals surface area contributed by atoms with Gasteiger partial charge < -0.3 is 26.4 Å². The van der Waals surface area contributed by atoms with Crippen LogP contribution >= 0.6 is 0 Å². The van der Waals surface area contributed by atoms with Gasteiger partial charge in [0.25, 0.3) is 0 Å². The molecule has 0 spiro atoms. The van der Waals surface area contributed by atoms with E-state index in [0.29, 0.717) is 5.91 Å². The van der Waals surface area contributed by atoms with Crippen LogP contribution in [0.1, 0.15) is 96.8 Å². The number of hydrogen-bond acceptors (Lipinski definition) is 1. The standard InChI is InChI=1S/C24H47N2O.BrH/c1-4-6-7-8-9-10-11-12-13-14-15-16-17-18-24(27)25-19-22-26(3,21-5-2)23-20-25;/h5H,2,4,6-23H2,1,3H3;1H/q+1;/p-1. The summed E-state index contributed by atoms with van der Waals surface area (Å²) in [5.41, 5.74) is 0. The second kappa shape index (κ2) is 17.5. The van der Waals surface area contributed by atoms with Crippen molar-refractivity contribution in [3.05, 3.63) is 12.7 Å². The lowest BCUT2D eigenvalue weighted by Gasteiger charge is -2.41. The Morgan fingerprint density at radius 1 is 0.857 bits per heavy atom. The molecule has 1 rings (SSSR count). The van der Waals surface area contributed by atoms with Crippen molar-refractivity contribution in [2.45, 2.75) is 96.8 Å². The highest BCUT2D eigenvalue weighted by atomic mass is 79.9. The van der Waals surface area contributed by atoms with Gasteiger partial charge >= 0.3 is 0 Å². The Bertz CT molecular complexity index is 392. The van der Waals surface area contributed by atoms with Gasteiger partial charge in [0.15, 0.2) is 0 Å². The molecule has 0 saturated carbocycles. The van der Waals surface area contributed by atoms with Gasteiger partial charge in [-0.1, -0.05) is 90.6 Å². The second-order valence-electron chi connectivity index (χ2n) is 8.91. The molecule has 0 aliphatic carbocycles. The molecule has 4 heteroatoms. The summed E-state index contributed by atoms with van der Waals surface area (Å²) in [6, 6.07) is 0. The first-order chi connectivity index (χ1) is 13.1. The van der Waals surface area contributed by atoms with Gasteiger partial charge in [0.1, 0.15) is 0 Å². The number of carbonyl (C=O) groups is 1. The van der Waals surface area contributed by atoms with Crippen LogP contribution in [0.3, 0.4) is 0 Å². The van der Waals surface area contributed by atoms with Crippen LogP contribution in [0.2, 0.25) is 0 Å². The monoisotopic (exact) mass is 458 g/mol. The quantitative estimate of drug-likeness (QED) is 0.198. The van der Waals surface area contributed by atoms with E-state index in [1.165, 1.54) is 77.0 Å². The molecular formula is C24H47BrN2O. The van der Waals surface area contributed by atoms with Gasteiger partial charge in [-0.3, -0.25) is 4.79 Å². The number of hydrogen-bond donors (Lipinski definition) is 0. The van der Waals surface area contributed by atoms with Crippen molar-refractivity contribution in [1.29, 1.82) is 0 Å². The molecule has 3 nitrogen and oxygen atoms in total. The lowest BCUT2D eigenvalue weighted by atomic mass is 10.0. The topological polar surface area (TPSA) is 20.3 Å². The fourth-order valence-electron chi connectivity index (χ4n) is 4.14. The van der Waals surface area contributed by atoms with E-state index in [-0.39, 0.29) is 17.0 Å². The van der Waals surface area contributed by atoms with Gasteiger partial charge in [-0.05, 0) is 12.5 Å². The Morgan fingerprint density at radius 3 is 1.71 bits per heavy atom. The molecule has 0 radical (unpaired) electrons. The van der Waals surface area contributed by atoms with Gasteiger partial charge in [0.05, 0.1) is 39.8 Å². The van der Waals surface area contributed by atoms with Gasteiger partial charge in [-0.2, -0.15) is 0 Å². The number of nitrogens with zero attached hydrogens (tertiary/aromatic N) is 2. The Balaban J connectivity index is 0.00000729. The number of likely N-dealkylation sites (N-methyl/N-ethyl adjacent to an activating group) is 1. The van der Waals surface area contributed by atoms with Crippen LogP contribution in [0.5, 0.6) is 0 Å². The molecule has 1 aliphatic rings. The molecular weight excluding hydrogens is 412 g/mol.